The molecule has 1 atom stereocenters. The number of carbonyl (C=O) groups is 1. The van der Waals surface area contributed by atoms with E-state index in [1.165, 1.54) is 19.2 Å². The Bertz CT molecular complexity index is 609. The lowest BCUT2D eigenvalue weighted by Gasteiger charge is -2.24. The van der Waals surface area contributed by atoms with Crippen LogP contribution in [0.1, 0.15) is 26.2 Å². The van der Waals surface area contributed by atoms with E-state index in [1.54, 1.807) is 19.1 Å². The molecule has 0 unspecified atom stereocenters. The summed E-state index contributed by atoms with van der Waals surface area (Å²) in [7, 11) is -2.06. The lowest BCUT2D eigenvalue weighted by Crippen LogP contribution is -2.35. The predicted octanol–water partition coefficient (Wildman–Crippen LogP) is 1.74. The maximum Gasteiger partial charge on any atom is 0.240 e. The summed E-state index contributed by atoms with van der Waals surface area (Å²) in [6.07, 6.45) is 2.96. The van der Waals surface area contributed by atoms with Crippen LogP contribution in [0.2, 0.25) is 0 Å². The van der Waals surface area contributed by atoms with Gasteiger partial charge in [-0.1, -0.05) is 6.42 Å². The molecule has 0 bridgehead atoms. The predicted molar refractivity (Wildman–Crippen MR) is 84.1 cm³/mol. The first-order chi connectivity index (χ1) is 10.4. The normalized spacial score (nSPS) is 16.8. The Hall–Kier alpha value is -1.44. The van der Waals surface area contributed by atoms with Gasteiger partial charge in [-0.2, -0.15) is 0 Å². The number of benzene rings is 1. The smallest absolute Gasteiger partial charge is 0.240 e. The molecule has 2 N–H and O–H groups in total. The molecule has 0 spiro atoms. The fourth-order valence-electron chi connectivity index (χ4n) is 2.25. The second-order valence-corrected chi connectivity index (χ2v) is 7.33. The summed E-state index contributed by atoms with van der Waals surface area (Å²) in [5.41, 5.74) is 0.612. The zero-order valence-electron chi connectivity index (χ0n) is 12.8. The molecule has 1 aromatic carbocycles. The lowest BCUT2D eigenvalue weighted by atomic mass is 9.85. The molecule has 122 valence electrons. The Labute approximate surface area is 131 Å². The summed E-state index contributed by atoms with van der Waals surface area (Å²) in [5, 5.41) is 2.81. The van der Waals surface area contributed by atoms with Gasteiger partial charge >= 0.3 is 0 Å². The molecule has 1 aliphatic rings. The molecule has 0 saturated heterocycles. The molecule has 7 heteroatoms. The highest BCUT2D eigenvalue weighted by Crippen LogP contribution is 2.27. The van der Waals surface area contributed by atoms with E-state index in [-0.39, 0.29) is 22.8 Å². The Morgan fingerprint density at radius 3 is 2.45 bits per heavy atom. The maximum absolute atomic E-state index is 12.2. The molecule has 1 aliphatic carbocycles. The van der Waals surface area contributed by atoms with E-state index < -0.39 is 10.0 Å². The minimum Gasteiger partial charge on any atom is -0.383 e. The average Bonchev–Trinajstić information content (AvgIpc) is 2.36. The highest BCUT2D eigenvalue weighted by Gasteiger charge is 2.25. The summed E-state index contributed by atoms with van der Waals surface area (Å²) >= 11 is 0. The van der Waals surface area contributed by atoms with Gasteiger partial charge in [0.15, 0.2) is 0 Å². The molecule has 0 aliphatic heterocycles. The first-order valence-corrected chi connectivity index (χ1v) is 8.83. The van der Waals surface area contributed by atoms with Gasteiger partial charge in [0.2, 0.25) is 15.9 Å². The van der Waals surface area contributed by atoms with Crippen molar-refractivity contribution in [3.63, 3.8) is 0 Å². The van der Waals surface area contributed by atoms with Crippen molar-refractivity contribution in [2.24, 2.45) is 5.92 Å². The van der Waals surface area contributed by atoms with Gasteiger partial charge in [-0.25, -0.2) is 13.1 Å². The number of amides is 1. The zero-order valence-corrected chi connectivity index (χ0v) is 13.7. The van der Waals surface area contributed by atoms with Gasteiger partial charge in [-0.05, 0) is 44.0 Å². The fourth-order valence-corrected chi connectivity index (χ4v) is 3.48. The number of hydrogen-bond acceptors (Lipinski definition) is 4. The van der Waals surface area contributed by atoms with Crippen molar-refractivity contribution in [2.45, 2.75) is 37.1 Å². The van der Waals surface area contributed by atoms with Crippen LogP contribution in [0.5, 0.6) is 0 Å². The zero-order chi connectivity index (χ0) is 16.2. The Balaban J connectivity index is 1.99. The van der Waals surface area contributed by atoms with Crippen LogP contribution in [-0.4, -0.2) is 34.1 Å². The SMILES string of the molecule is COC[C@H](C)NS(=O)(=O)c1ccc(NC(=O)C2CCC2)cc1. The largest absolute Gasteiger partial charge is 0.383 e. The lowest BCUT2D eigenvalue weighted by molar-refractivity contribution is -0.122. The highest BCUT2D eigenvalue weighted by atomic mass is 32.2. The topological polar surface area (TPSA) is 84.5 Å². The molecule has 1 fully saturated rings. The van der Waals surface area contributed by atoms with Gasteiger partial charge in [0.25, 0.3) is 0 Å². The number of carbonyl (C=O) groups excluding carboxylic acids is 1. The molecule has 0 heterocycles. The van der Waals surface area contributed by atoms with Gasteiger partial charge in [0.05, 0.1) is 11.5 Å². The molecular weight excluding hydrogens is 304 g/mol. The van der Waals surface area contributed by atoms with Crippen LogP contribution >= 0.6 is 0 Å². The number of nitrogens with one attached hydrogen (secondary N) is 2. The van der Waals surface area contributed by atoms with E-state index in [0.717, 1.165) is 19.3 Å². The molecule has 6 nitrogen and oxygen atoms in total. The van der Waals surface area contributed by atoms with Crippen molar-refractivity contribution in [3.8, 4) is 0 Å². The number of hydrogen-bond donors (Lipinski definition) is 2. The molecule has 0 aromatic heterocycles. The maximum atomic E-state index is 12.2. The van der Waals surface area contributed by atoms with Crippen molar-refractivity contribution < 1.29 is 17.9 Å². The van der Waals surface area contributed by atoms with E-state index >= 15 is 0 Å². The van der Waals surface area contributed by atoms with Gasteiger partial charge in [-0.3, -0.25) is 4.79 Å². The van der Waals surface area contributed by atoms with Crippen molar-refractivity contribution in [1.82, 2.24) is 4.72 Å². The molecule has 1 saturated carbocycles. The first kappa shape index (κ1) is 16.9. The van der Waals surface area contributed by atoms with E-state index in [4.69, 9.17) is 4.74 Å². The minimum atomic E-state index is -3.58. The first-order valence-electron chi connectivity index (χ1n) is 7.34. The van der Waals surface area contributed by atoms with E-state index in [1.807, 2.05) is 0 Å². The molecular formula is C15H22N2O4S. The Kier molecular flexibility index (Phi) is 5.55. The van der Waals surface area contributed by atoms with Crippen molar-refractivity contribution >= 4 is 21.6 Å². The van der Waals surface area contributed by atoms with Crippen molar-refractivity contribution in [2.75, 3.05) is 19.0 Å². The monoisotopic (exact) mass is 326 g/mol. The number of rotatable bonds is 7. The Morgan fingerprint density at radius 2 is 1.95 bits per heavy atom. The summed E-state index contributed by atoms with van der Waals surface area (Å²) in [6.45, 7) is 2.03. The number of sulfonamides is 1. The minimum absolute atomic E-state index is 0.00805. The summed E-state index contributed by atoms with van der Waals surface area (Å²) in [6, 6.07) is 5.86. The van der Waals surface area contributed by atoms with E-state index in [9.17, 15) is 13.2 Å². The average molecular weight is 326 g/mol. The second-order valence-electron chi connectivity index (χ2n) is 5.62. The van der Waals surface area contributed by atoms with Crippen LogP contribution in [0.25, 0.3) is 0 Å². The third-order valence-electron chi connectivity index (χ3n) is 3.68. The summed E-state index contributed by atoms with van der Waals surface area (Å²) < 4.78 is 31.8. The van der Waals surface area contributed by atoms with Gasteiger partial charge < -0.3 is 10.1 Å². The van der Waals surface area contributed by atoms with Crippen molar-refractivity contribution in [3.05, 3.63) is 24.3 Å². The van der Waals surface area contributed by atoms with Gasteiger partial charge in [0.1, 0.15) is 0 Å². The standard InChI is InChI=1S/C15H22N2O4S/c1-11(10-21-2)17-22(19,20)14-8-6-13(7-9-14)16-15(18)12-4-3-5-12/h6-9,11-12,17H,3-5,10H2,1-2H3,(H,16,18)/t11-/m0/s1. The van der Waals surface area contributed by atoms with E-state index in [2.05, 4.69) is 10.0 Å². The third kappa shape index (κ3) is 4.28. The summed E-state index contributed by atoms with van der Waals surface area (Å²) in [4.78, 5) is 12.0. The van der Waals surface area contributed by atoms with Crippen LogP contribution in [0.15, 0.2) is 29.2 Å². The van der Waals surface area contributed by atoms with Crippen LogP contribution in [-0.2, 0) is 19.6 Å². The summed E-state index contributed by atoms with van der Waals surface area (Å²) in [5.74, 6) is 0.105. The van der Waals surface area contributed by atoms with E-state index in [0.29, 0.717) is 12.3 Å². The van der Waals surface area contributed by atoms with Gasteiger partial charge in [-0.15, -0.1) is 0 Å². The molecule has 1 amide bonds. The van der Waals surface area contributed by atoms with Crippen LogP contribution in [0.4, 0.5) is 5.69 Å². The second kappa shape index (κ2) is 7.21. The van der Waals surface area contributed by atoms with Crippen LogP contribution < -0.4 is 10.0 Å². The molecule has 0 radical (unpaired) electrons. The quantitative estimate of drug-likeness (QED) is 0.799. The molecule has 2 rings (SSSR count). The highest BCUT2D eigenvalue weighted by molar-refractivity contribution is 7.89. The van der Waals surface area contributed by atoms with Crippen molar-refractivity contribution in [1.29, 1.82) is 0 Å². The van der Waals surface area contributed by atoms with Gasteiger partial charge in [0, 0.05) is 24.8 Å². The number of ether oxygens (including phenoxy) is 1. The Morgan fingerprint density at radius 1 is 1.32 bits per heavy atom. The number of anilines is 1. The third-order valence-corrected chi connectivity index (χ3v) is 5.29. The van der Waals surface area contributed by atoms with Crippen LogP contribution in [0, 0.1) is 5.92 Å². The fraction of sp³-hybridized carbons (Fsp3) is 0.533. The number of methoxy groups -OCH3 is 1. The molecule has 1 aromatic rings. The molecule has 22 heavy (non-hydrogen) atoms. The van der Waals surface area contributed by atoms with Crippen LogP contribution in [0.3, 0.4) is 0 Å².